The number of nitrogens with one attached hydrogen (secondary N) is 1. The van der Waals surface area contributed by atoms with E-state index in [2.05, 4.69) is 15.4 Å². The highest BCUT2D eigenvalue weighted by Gasteiger charge is 2.29. The first-order chi connectivity index (χ1) is 17.0. The molecule has 0 saturated carbocycles. The zero-order chi connectivity index (χ0) is 26.0. The van der Waals surface area contributed by atoms with E-state index in [0.717, 1.165) is 28.3 Å². The fourth-order valence-electron chi connectivity index (χ4n) is 4.10. The molecular formula is C26H28N4O4S2. The van der Waals surface area contributed by atoms with E-state index >= 15 is 0 Å². The number of hydrogen-bond acceptors (Lipinski definition) is 7. The third kappa shape index (κ3) is 5.71. The number of aromatic nitrogens is 1. The van der Waals surface area contributed by atoms with Gasteiger partial charge in [0, 0.05) is 24.3 Å². The van der Waals surface area contributed by atoms with Crippen molar-refractivity contribution in [2.45, 2.75) is 45.1 Å². The Morgan fingerprint density at radius 3 is 2.33 bits per heavy atom. The monoisotopic (exact) mass is 524 g/mol. The van der Waals surface area contributed by atoms with Crippen LogP contribution in [0.25, 0.3) is 0 Å². The first kappa shape index (κ1) is 25.7. The molecule has 0 saturated heterocycles. The van der Waals surface area contributed by atoms with Crippen LogP contribution in [0.3, 0.4) is 0 Å². The molecule has 1 aliphatic heterocycles. The van der Waals surface area contributed by atoms with Crippen LogP contribution in [0.5, 0.6) is 0 Å². The van der Waals surface area contributed by atoms with E-state index < -0.39 is 9.84 Å². The van der Waals surface area contributed by atoms with Crippen LogP contribution in [0.1, 0.15) is 51.3 Å². The first-order valence-corrected chi connectivity index (χ1v) is 14.3. The van der Waals surface area contributed by atoms with Crippen LogP contribution in [0.15, 0.2) is 58.5 Å². The largest absolute Gasteiger partial charge is 0.321 e. The number of thiazole rings is 1. The van der Waals surface area contributed by atoms with Gasteiger partial charge >= 0.3 is 0 Å². The second-order valence-corrected chi connectivity index (χ2v) is 12.1. The quantitative estimate of drug-likeness (QED) is 0.487. The molecule has 1 unspecified atom stereocenters. The minimum absolute atomic E-state index is 0.0331. The number of nitrogens with zero attached hydrogens (tertiary/aromatic N) is 3. The van der Waals surface area contributed by atoms with Crippen molar-refractivity contribution in [2.75, 3.05) is 11.6 Å². The third-order valence-corrected chi connectivity index (χ3v) is 8.25. The normalized spacial score (nSPS) is 16.1. The molecule has 3 aromatic rings. The Morgan fingerprint density at radius 1 is 1.11 bits per heavy atom. The maximum Gasteiger partial charge on any atom is 0.267 e. The van der Waals surface area contributed by atoms with Crippen LogP contribution in [0, 0.1) is 19.8 Å². The van der Waals surface area contributed by atoms with Crippen molar-refractivity contribution in [1.82, 2.24) is 9.99 Å². The predicted octanol–water partition coefficient (Wildman–Crippen LogP) is 4.58. The van der Waals surface area contributed by atoms with E-state index in [1.807, 2.05) is 32.9 Å². The molecule has 1 N–H and O–H groups in total. The van der Waals surface area contributed by atoms with E-state index in [-0.39, 0.29) is 22.6 Å². The lowest BCUT2D eigenvalue weighted by Gasteiger charge is -2.29. The van der Waals surface area contributed by atoms with Crippen molar-refractivity contribution in [3.05, 3.63) is 75.2 Å². The number of aryl methyl sites for hydroxylation is 2. The molecule has 1 aromatic heterocycles. The zero-order valence-electron chi connectivity index (χ0n) is 20.6. The van der Waals surface area contributed by atoms with Crippen molar-refractivity contribution < 1.29 is 18.0 Å². The van der Waals surface area contributed by atoms with Gasteiger partial charge in [0.15, 0.2) is 9.84 Å². The molecule has 1 aliphatic rings. The number of hydrazone groups is 1. The molecule has 0 bridgehead atoms. The highest BCUT2D eigenvalue weighted by atomic mass is 32.2. The Bertz CT molecular complexity index is 1430. The minimum atomic E-state index is -3.29. The SMILES string of the molecule is CCC1CC(=O)N(Cc2ccc(NC(=O)c3sc(C)nc3C)cc2)N=C1c1ccc(S(C)(=O)=O)cc1. The molecule has 0 aliphatic carbocycles. The summed E-state index contributed by atoms with van der Waals surface area (Å²) in [6.07, 6.45) is 2.26. The summed E-state index contributed by atoms with van der Waals surface area (Å²) in [4.78, 5) is 30.5. The summed E-state index contributed by atoms with van der Waals surface area (Å²) in [6.45, 7) is 5.99. The highest BCUT2D eigenvalue weighted by molar-refractivity contribution is 7.90. The van der Waals surface area contributed by atoms with Gasteiger partial charge in [-0.05, 0) is 55.7 Å². The summed E-state index contributed by atoms with van der Waals surface area (Å²) >= 11 is 1.36. The maximum atomic E-state index is 12.8. The van der Waals surface area contributed by atoms with Gasteiger partial charge in [-0.2, -0.15) is 5.10 Å². The number of hydrogen-bond donors (Lipinski definition) is 1. The summed E-state index contributed by atoms with van der Waals surface area (Å²) in [5.74, 6) is -0.292. The number of rotatable bonds is 7. The number of carbonyl (C=O) groups is 2. The molecule has 188 valence electrons. The van der Waals surface area contributed by atoms with E-state index in [1.165, 1.54) is 22.6 Å². The first-order valence-electron chi connectivity index (χ1n) is 11.6. The Kier molecular flexibility index (Phi) is 7.37. The predicted molar refractivity (Wildman–Crippen MR) is 141 cm³/mol. The molecule has 8 nitrogen and oxygen atoms in total. The van der Waals surface area contributed by atoms with Gasteiger partial charge in [-0.25, -0.2) is 18.4 Å². The van der Waals surface area contributed by atoms with Crippen LogP contribution in [-0.4, -0.2) is 42.2 Å². The molecule has 36 heavy (non-hydrogen) atoms. The van der Waals surface area contributed by atoms with E-state index in [9.17, 15) is 18.0 Å². The maximum absolute atomic E-state index is 12.8. The number of amides is 2. The summed E-state index contributed by atoms with van der Waals surface area (Å²) in [7, 11) is -3.29. The van der Waals surface area contributed by atoms with Gasteiger partial charge in [0.25, 0.3) is 5.91 Å². The van der Waals surface area contributed by atoms with Gasteiger partial charge in [0.2, 0.25) is 5.91 Å². The zero-order valence-corrected chi connectivity index (χ0v) is 22.2. The molecule has 0 radical (unpaired) electrons. The summed E-state index contributed by atoms with van der Waals surface area (Å²) in [5.41, 5.74) is 3.81. The van der Waals surface area contributed by atoms with Crippen molar-refractivity contribution in [3.8, 4) is 0 Å². The van der Waals surface area contributed by atoms with Crippen molar-refractivity contribution in [3.63, 3.8) is 0 Å². The van der Waals surface area contributed by atoms with Crippen LogP contribution in [0.4, 0.5) is 5.69 Å². The second-order valence-electron chi connectivity index (χ2n) is 8.84. The van der Waals surface area contributed by atoms with Gasteiger partial charge in [0.1, 0.15) is 4.88 Å². The van der Waals surface area contributed by atoms with Crippen LogP contribution in [0.2, 0.25) is 0 Å². The summed E-state index contributed by atoms with van der Waals surface area (Å²) < 4.78 is 23.6. The standard InChI is InChI=1S/C26H28N4O4S2/c1-5-19-14-23(31)30(29-24(19)20-8-12-22(13-9-20)36(4,33)34)15-18-6-10-21(11-7-18)28-26(32)25-16(2)27-17(3)35-25/h6-13,19H,5,14-15H2,1-4H3,(H,28,32). The molecule has 2 heterocycles. The van der Waals surface area contributed by atoms with Gasteiger partial charge < -0.3 is 5.32 Å². The second kappa shape index (κ2) is 10.3. The molecule has 1 atom stereocenters. The average Bonchev–Trinajstić information content (AvgIpc) is 3.18. The lowest BCUT2D eigenvalue weighted by atomic mass is 9.90. The van der Waals surface area contributed by atoms with Crippen LogP contribution in [-0.2, 0) is 21.2 Å². The van der Waals surface area contributed by atoms with Crippen molar-refractivity contribution in [2.24, 2.45) is 11.0 Å². The number of anilines is 1. The number of benzene rings is 2. The van der Waals surface area contributed by atoms with Gasteiger partial charge in [-0.1, -0.05) is 31.2 Å². The van der Waals surface area contributed by atoms with E-state index in [4.69, 9.17) is 0 Å². The molecule has 10 heteroatoms. The lowest BCUT2D eigenvalue weighted by molar-refractivity contribution is -0.133. The molecule has 2 aromatic carbocycles. The van der Waals surface area contributed by atoms with Crippen molar-refractivity contribution >= 4 is 44.4 Å². The molecular weight excluding hydrogens is 496 g/mol. The lowest BCUT2D eigenvalue weighted by Crippen LogP contribution is -2.36. The Morgan fingerprint density at radius 2 is 1.78 bits per heavy atom. The summed E-state index contributed by atoms with van der Waals surface area (Å²) in [6, 6.07) is 13.9. The Labute approximate surface area is 215 Å². The average molecular weight is 525 g/mol. The molecule has 0 fully saturated rings. The molecule has 2 amide bonds. The fourth-order valence-corrected chi connectivity index (χ4v) is 5.55. The van der Waals surface area contributed by atoms with E-state index in [0.29, 0.717) is 29.2 Å². The Balaban J connectivity index is 1.50. The van der Waals surface area contributed by atoms with Gasteiger partial charge in [0.05, 0.1) is 27.9 Å². The van der Waals surface area contributed by atoms with E-state index in [1.54, 1.807) is 36.4 Å². The molecule has 0 spiro atoms. The van der Waals surface area contributed by atoms with Gasteiger partial charge in [-0.15, -0.1) is 11.3 Å². The Hall–Kier alpha value is -3.37. The highest BCUT2D eigenvalue weighted by Crippen LogP contribution is 2.26. The molecule has 4 rings (SSSR count). The number of carbonyl (C=O) groups excluding carboxylic acids is 2. The topological polar surface area (TPSA) is 109 Å². The van der Waals surface area contributed by atoms with Crippen molar-refractivity contribution in [1.29, 1.82) is 0 Å². The summed E-state index contributed by atoms with van der Waals surface area (Å²) in [5, 5.41) is 9.86. The fraction of sp³-hybridized carbons (Fsp3) is 0.308. The third-order valence-electron chi connectivity index (χ3n) is 6.05. The minimum Gasteiger partial charge on any atom is -0.321 e. The van der Waals surface area contributed by atoms with Crippen LogP contribution < -0.4 is 5.32 Å². The van der Waals surface area contributed by atoms with Crippen LogP contribution >= 0.6 is 11.3 Å². The number of sulfone groups is 1. The smallest absolute Gasteiger partial charge is 0.267 e. The van der Waals surface area contributed by atoms with Gasteiger partial charge in [-0.3, -0.25) is 9.59 Å².